The summed E-state index contributed by atoms with van der Waals surface area (Å²) in [5.41, 5.74) is -3.46. The molecule has 0 radical (unpaired) electrons. The number of ether oxygens (including phenoxy) is 1. The van der Waals surface area contributed by atoms with Crippen molar-refractivity contribution in [3.63, 3.8) is 0 Å². The molecule has 148 valence electrons. The van der Waals surface area contributed by atoms with Crippen LogP contribution < -0.4 is 4.84 Å². The predicted molar refractivity (Wildman–Crippen MR) is 73.0 cm³/mol. The van der Waals surface area contributed by atoms with Gasteiger partial charge < -0.3 is 15.2 Å². The zero-order valence-corrected chi connectivity index (χ0v) is 13.0. The van der Waals surface area contributed by atoms with Gasteiger partial charge in [-0.3, -0.25) is 10.1 Å². The Labute approximate surface area is 148 Å². The Hall–Kier alpha value is -2.74. The molecular weight excluding hydrogens is 380 g/mol. The highest BCUT2D eigenvalue weighted by atomic mass is 17.1. The minimum atomic E-state index is -3.50. The Morgan fingerprint density at radius 2 is 1.56 bits per heavy atom. The van der Waals surface area contributed by atoms with E-state index in [0.717, 1.165) is 24.3 Å². The van der Waals surface area contributed by atoms with Crippen LogP contribution in [0, 0.1) is 20.5 Å². The van der Waals surface area contributed by atoms with Gasteiger partial charge in [0.15, 0.2) is 10.7 Å². The fourth-order valence-electron chi connectivity index (χ4n) is 2.06. The van der Waals surface area contributed by atoms with Gasteiger partial charge in [-0.25, -0.2) is 4.84 Å². The van der Waals surface area contributed by atoms with Crippen molar-refractivity contribution in [1.29, 1.82) is 0 Å². The monoisotopic (exact) mass is 393 g/mol. The number of nitro benzene ring substituents is 1. The summed E-state index contributed by atoms with van der Waals surface area (Å²) in [4.78, 5) is 4.85. The van der Waals surface area contributed by atoms with Crippen molar-refractivity contribution in [2.45, 2.75) is 6.23 Å². The maximum Gasteiger partial charge on any atom is 0.425 e. The summed E-state index contributed by atoms with van der Waals surface area (Å²) in [6.45, 7) is 0. The first kappa shape index (κ1) is 20.6. The van der Waals surface area contributed by atoms with Crippen molar-refractivity contribution in [3.8, 4) is 5.75 Å². The number of hydrogen-bond acceptors (Lipinski definition) is 12. The first-order valence-corrected chi connectivity index (χ1v) is 6.70. The van der Waals surface area contributed by atoms with E-state index in [1.54, 1.807) is 0 Å². The fraction of sp³-hybridized carbons (Fsp3) is 0.0909. The molecule has 1 unspecified atom stereocenters. The lowest BCUT2D eigenvalue weighted by molar-refractivity contribution is -1.38. The highest BCUT2D eigenvalue weighted by molar-refractivity contribution is 5.35. The normalized spacial score (nSPS) is 18.3. The third-order valence-electron chi connectivity index (χ3n) is 3.15. The minimum absolute atomic E-state index is 0.369. The van der Waals surface area contributed by atoms with Gasteiger partial charge >= 0.3 is 11.9 Å². The molecule has 1 aromatic rings. The maximum atomic E-state index is 11.5. The molecule has 0 spiro atoms. The van der Waals surface area contributed by atoms with Crippen LogP contribution in [-0.2, 0) is 4.74 Å². The molecule has 0 aliphatic carbocycles. The summed E-state index contributed by atoms with van der Waals surface area (Å²) < 4.78 is 4.64. The summed E-state index contributed by atoms with van der Waals surface area (Å²) in [7, 11) is 0. The molecule has 27 heavy (non-hydrogen) atoms. The lowest BCUT2D eigenvalue weighted by Crippen LogP contribution is -2.60. The molecule has 2 rings (SSSR count). The molecular formula is C11H13N4O12+. The quantitative estimate of drug-likeness (QED) is 0.223. The molecule has 0 fully saturated rings. The van der Waals surface area contributed by atoms with Crippen molar-refractivity contribution < 1.29 is 60.7 Å². The van der Waals surface area contributed by atoms with E-state index in [4.69, 9.17) is 10.4 Å². The lowest BCUT2D eigenvalue weighted by Gasteiger charge is -2.35. The van der Waals surface area contributed by atoms with E-state index < -0.39 is 43.2 Å². The van der Waals surface area contributed by atoms with Crippen LogP contribution in [0.3, 0.4) is 0 Å². The number of nitrogens with zero attached hydrogens (tertiary/aromatic N) is 4. The van der Waals surface area contributed by atoms with Crippen LogP contribution in [0.15, 0.2) is 48.0 Å². The molecule has 0 bridgehead atoms. The van der Waals surface area contributed by atoms with Crippen molar-refractivity contribution >= 4 is 5.69 Å². The minimum Gasteiger partial charge on any atom is -0.559 e. The number of hydrogen-bond donors (Lipinski definition) is 6. The molecule has 1 heterocycles. The molecule has 1 aliphatic rings. The molecule has 0 saturated heterocycles. The van der Waals surface area contributed by atoms with Crippen LogP contribution in [0.2, 0.25) is 0 Å². The molecule has 1 aromatic carbocycles. The van der Waals surface area contributed by atoms with Crippen molar-refractivity contribution in [3.05, 3.63) is 68.5 Å². The first-order valence-electron chi connectivity index (χ1n) is 6.70. The second-order valence-corrected chi connectivity index (χ2v) is 5.08. The van der Waals surface area contributed by atoms with E-state index in [0.29, 0.717) is 12.3 Å². The molecule has 16 nitrogen and oxygen atoms in total. The van der Waals surface area contributed by atoms with Gasteiger partial charge in [0.2, 0.25) is 0 Å². The van der Waals surface area contributed by atoms with Gasteiger partial charge in [-0.15, -0.1) is 10.4 Å². The van der Waals surface area contributed by atoms with Crippen molar-refractivity contribution in [2.75, 3.05) is 0 Å². The Bertz CT molecular complexity index is 776. The van der Waals surface area contributed by atoms with Crippen LogP contribution >= 0.6 is 0 Å². The van der Waals surface area contributed by atoms with E-state index >= 15 is 0 Å². The van der Waals surface area contributed by atoms with E-state index in [1.165, 1.54) is 0 Å². The number of rotatable bonds is 6. The Kier molecular flexibility index (Phi) is 5.16. The van der Waals surface area contributed by atoms with Crippen LogP contribution in [0.1, 0.15) is 0 Å². The molecule has 6 N–H and O–H groups in total. The van der Waals surface area contributed by atoms with Gasteiger partial charge in [-0.2, -0.15) is 20.8 Å². The summed E-state index contributed by atoms with van der Waals surface area (Å²) >= 11 is 0. The topological polar surface area (TPSA) is 229 Å². The van der Waals surface area contributed by atoms with Gasteiger partial charge in [-0.05, 0) is 22.1 Å². The highest BCUT2D eigenvalue weighted by Gasteiger charge is 2.58. The average Bonchev–Trinajstić information content (AvgIpc) is 2.52. The van der Waals surface area contributed by atoms with Gasteiger partial charge in [0.1, 0.15) is 0 Å². The average molecular weight is 393 g/mol. The van der Waals surface area contributed by atoms with Gasteiger partial charge in [0.25, 0.3) is 11.4 Å². The number of quaternary nitrogens is 3. The molecule has 0 amide bonds. The highest BCUT2D eigenvalue weighted by Crippen LogP contribution is 2.33. The second kappa shape index (κ2) is 6.77. The number of nitro groups is 1. The van der Waals surface area contributed by atoms with Crippen LogP contribution in [0.4, 0.5) is 5.69 Å². The Balaban J connectivity index is 2.42. The maximum absolute atomic E-state index is 11.5. The van der Waals surface area contributed by atoms with E-state index in [2.05, 4.69) is 9.57 Å². The molecule has 1 aliphatic heterocycles. The standard InChI is InChI=1S/C11H13N4O12/c16-12(17)7-1-3-8(4-2-7)27-15(24,25)11-10(14(21,22)23)9(5-6-26-11)13(18,19)20/h1-6,11,18-19,21-22,24-25H/q+1. The van der Waals surface area contributed by atoms with Crippen LogP contribution in [0.25, 0.3) is 0 Å². The fourth-order valence-corrected chi connectivity index (χ4v) is 2.06. The van der Waals surface area contributed by atoms with Crippen LogP contribution in [0.5, 0.6) is 5.75 Å². The molecule has 16 heteroatoms. The zero-order valence-electron chi connectivity index (χ0n) is 13.0. The van der Waals surface area contributed by atoms with E-state index in [-0.39, 0.29) is 5.69 Å². The summed E-state index contributed by atoms with van der Waals surface area (Å²) in [5.74, 6) is -0.430. The largest absolute Gasteiger partial charge is 0.559 e. The second-order valence-electron chi connectivity index (χ2n) is 5.08. The number of benzene rings is 1. The van der Waals surface area contributed by atoms with Crippen molar-refractivity contribution in [1.82, 2.24) is 0 Å². The third kappa shape index (κ3) is 4.51. The number of hydroxylamine groups is 9. The lowest BCUT2D eigenvalue weighted by atomic mass is 10.2. The Morgan fingerprint density at radius 1 is 1.00 bits per heavy atom. The van der Waals surface area contributed by atoms with E-state index in [1.807, 2.05) is 0 Å². The number of non-ortho nitro benzene ring substituents is 1. The van der Waals surface area contributed by atoms with Crippen molar-refractivity contribution in [2.24, 2.45) is 0 Å². The van der Waals surface area contributed by atoms with Gasteiger partial charge in [0.05, 0.1) is 11.2 Å². The SMILES string of the molecule is O=[N+]([O-])c1ccc(O[N+](O)(O)C2OC=CC([N+]([O-])(O)O)=C2[N+]([O-])(O)O)cc1. The van der Waals surface area contributed by atoms with Gasteiger partial charge in [0, 0.05) is 18.2 Å². The van der Waals surface area contributed by atoms with Crippen LogP contribution in [-0.4, -0.2) is 57.3 Å². The molecule has 0 saturated carbocycles. The smallest absolute Gasteiger partial charge is 0.425 e. The first-order chi connectivity index (χ1) is 12.2. The molecule has 0 aromatic heterocycles. The third-order valence-corrected chi connectivity index (χ3v) is 3.15. The molecule has 1 atom stereocenters. The van der Waals surface area contributed by atoms with Gasteiger partial charge in [-0.1, -0.05) is 0 Å². The summed E-state index contributed by atoms with van der Waals surface area (Å²) in [6.07, 6.45) is -1.64. The summed E-state index contributed by atoms with van der Waals surface area (Å²) in [5, 5.41) is 89.9. The predicted octanol–water partition coefficient (Wildman–Crippen LogP) is 0.751. The zero-order chi connectivity index (χ0) is 20.6. The van der Waals surface area contributed by atoms with E-state index in [9.17, 15) is 41.4 Å². The number of allylic oxidation sites excluding steroid dienone is 1. The Morgan fingerprint density at radius 3 is 2.00 bits per heavy atom. The summed E-state index contributed by atoms with van der Waals surface area (Å²) in [6, 6.07) is 3.69.